The van der Waals surface area contributed by atoms with Crippen molar-refractivity contribution in [2.45, 2.75) is 59.0 Å². The average molecular weight is 598 g/mol. The van der Waals surface area contributed by atoms with Crippen molar-refractivity contribution < 1.29 is 33.3 Å². The average Bonchev–Trinajstić information content (AvgIpc) is 2.87. The van der Waals surface area contributed by atoms with E-state index in [0.29, 0.717) is 5.56 Å². The van der Waals surface area contributed by atoms with Crippen LogP contribution in [0.5, 0.6) is 5.75 Å². The Morgan fingerprint density at radius 1 is 0.846 bits per heavy atom. The second kappa shape index (κ2) is 13.8. The van der Waals surface area contributed by atoms with E-state index in [4.69, 9.17) is 18.9 Å². The third kappa shape index (κ3) is 10.4. The summed E-state index contributed by atoms with van der Waals surface area (Å²) in [6, 6.07) is 20.6. The number of ether oxygens (including phenoxy) is 4. The Kier molecular flexibility index (Phi) is 10.5. The second-order valence-electron chi connectivity index (χ2n) is 9.87. The third-order valence-electron chi connectivity index (χ3n) is 5.34. The Morgan fingerprint density at radius 2 is 1.49 bits per heavy atom. The van der Waals surface area contributed by atoms with Crippen LogP contribution in [0, 0.1) is 6.92 Å². The normalized spacial score (nSPS) is 11.7. The van der Waals surface area contributed by atoms with Gasteiger partial charge >= 0.3 is 18.2 Å². The molecule has 0 unspecified atom stereocenters. The highest BCUT2D eigenvalue weighted by Gasteiger charge is 2.26. The van der Waals surface area contributed by atoms with Crippen LogP contribution in [0.3, 0.4) is 0 Å². The molecule has 1 atom stereocenters. The number of aryl methyl sites for hydroxylation is 1. The summed E-state index contributed by atoms with van der Waals surface area (Å²) in [4.78, 5) is 37.5. The number of nitrogens with one attached hydrogen (secondary N) is 1. The predicted molar refractivity (Wildman–Crippen MR) is 149 cm³/mol. The van der Waals surface area contributed by atoms with Crippen molar-refractivity contribution in [3.63, 3.8) is 0 Å². The maximum atomic E-state index is 12.9. The Morgan fingerprint density at radius 3 is 2.13 bits per heavy atom. The van der Waals surface area contributed by atoms with E-state index in [1.165, 1.54) is 0 Å². The van der Waals surface area contributed by atoms with Crippen LogP contribution in [0.4, 0.5) is 9.59 Å². The molecule has 1 N–H and O–H groups in total. The minimum Gasteiger partial charge on any atom is -0.459 e. The number of carbonyl (C=O) groups excluding carboxylic acids is 3. The van der Waals surface area contributed by atoms with Gasteiger partial charge in [0.1, 0.15) is 30.6 Å². The van der Waals surface area contributed by atoms with Gasteiger partial charge in [0.15, 0.2) is 0 Å². The molecule has 9 heteroatoms. The fourth-order valence-electron chi connectivity index (χ4n) is 3.39. The lowest BCUT2D eigenvalue weighted by atomic mass is 10.1. The zero-order chi connectivity index (χ0) is 28.4. The van der Waals surface area contributed by atoms with Crippen molar-refractivity contribution in [2.24, 2.45) is 0 Å². The molecular weight excluding hydrogens is 566 g/mol. The van der Waals surface area contributed by atoms with E-state index < -0.39 is 29.9 Å². The molecule has 0 bridgehead atoms. The fourth-order valence-corrected chi connectivity index (χ4v) is 3.79. The first-order valence-electron chi connectivity index (χ1n) is 12.4. The quantitative estimate of drug-likeness (QED) is 0.167. The lowest BCUT2D eigenvalue weighted by Gasteiger charge is -2.23. The van der Waals surface area contributed by atoms with Crippen LogP contribution in [0.15, 0.2) is 77.3 Å². The highest BCUT2D eigenvalue weighted by molar-refractivity contribution is 9.10. The molecule has 3 aromatic rings. The Balaban J connectivity index is 1.60. The van der Waals surface area contributed by atoms with Crippen molar-refractivity contribution in [1.82, 2.24) is 5.32 Å². The van der Waals surface area contributed by atoms with Gasteiger partial charge < -0.3 is 24.3 Å². The number of amides is 1. The van der Waals surface area contributed by atoms with Crippen LogP contribution in [-0.4, -0.2) is 29.9 Å². The Hall–Kier alpha value is -3.85. The minimum atomic E-state index is -0.994. The third-order valence-corrected chi connectivity index (χ3v) is 6.12. The zero-order valence-corrected chi connectivity index (χ0v) is 23.9. The predicted octanol–water partition coefficient (Wildman–Crippen LogP) is 6.65. The number of carbonyl (C=O) groups is 3. The molecule has 3 rings (SSSR count). The second-order valence-corrected chi connectivity index (χ2v) is 10.7. The molecule has 1 amide bonds. The first-order valence-corrected chi connectivity index (χ1v) is 13.2. The Bertz CT molecular complexity index is 1270. The minimum absolute atomic E-state index is 0.0566. The molecule has 0 radical (unpaired) electrons. The summed E-state index contributed by atoms with van der Waals surface area (Å²) in [7, 11) is 0. The molecule has 0 aliphatic carbocycles. The van der Waals surface area contributed by atoms with Crippen LogP contribution in [0.1, 0.15) is 43.0 Å². The van der Waals surface area contributed by atoms with Gasteiger partial charge in [-0.15, -0.1) is 0 Å². The molecule has 0 fully saturated rings. The number of benzene rings is 3. The summed E-state index contributed by atoms with van der Waals surface area (Å²) in [5.74, 6) is -0.327. The zero-order valence-electron chi connectivity index (χ0n) is 22.4. The highest BCUT2D eigenvalue weighted by Crippen LogP contribution is 2.19. The topological polar surface area (TPSA) is 100 Å². The highest BCUT2D eigenvalue weighted by atomic mass is 79.9. The van der Waals surface area contributed by atoms with Crippen molar-refractivity contribution >= 4 is 34.1 Å². The van der Waals surface area contributed by atoms with Gasteiger partial charge in [0.25, 0.3) is 0 Å². The summed E-state index contributed by atoms with van der Waals surface area (Å²) in [6.45, 7) is 7.31. The number of alkyl carbamates (subject to hydrolysis) is 1. The molecule has 206 valence electrons. The van der Waals surface area contributed by atoms with E-state index in [9.17, 15) is 14.4 Å². The summed E-state index contributed by atoms with van der Waals surface area (Å²) in [5.41, 5.74) is 2.71. The fraction of sp³-hybridized carbons (Fsp3) is 0.300. The number of halogens is 1. The molecule has 0 saturated carbocycles. The molecule has 0 heterocycles. The summed E-state index contributed by atoms with van der Waals surface area (Å²) in [5, 5.41) is 2.61. The molecule has 3 aromatic carbocycles. The van der Waals surface area contributed by atoms with E-state index in [1.807, 2.05) is 55.5 Å². The van der Waals surface area contributed by atoms with Gasteiger partial charge in [-0.3, -0.25) is 0 Å². The lowest BCUT2D eigenvalue weighted by Crippen LogP contribution is -2.45. The lowest BCUT2D eigenvalue weighted by molar-refractivity contribution is -0.147. The molecule has 0 aromatic heterocycles. The summed E-state index contributed by atoms with van der Waals surface area (Å²) in [6.07, 6.45) is -1.44. The number of esters is 1. The SMILES string of the molecule is Cc1ccc(COC(=O)[C@H](Cc2ccc(OC(=O)OCc3ccccc3Br)cc2)NC(=O)OC(C)(C)C)cc1. The number of hydrogen-bond acceptors (Lipinski definition) is 7. The number of rotatable bonds is 9. The van der Waals surface area contributed by atoms with Gasteiger partial charge in [0, 0.05) is 16.5 Å². The monoisotopic (exact) mass is 597 g/mol. The molecule has 0 aliphatic rings. The van der Waals surface area contributed by atoms with E-state index in [2.05, 4.69) is 21.2 Å². The van der Waals surface area contributed by atoms with E-state index in [-0.39, 0.29) is 25.4 Å². The van der Waals surface area contributed by atoms with Crippen molar-refractivity contribution in [2.75, 3.05) is 0 Å². The van der Waals surface area contributed by atoms with Crippen LogP contribution in [0.25, 0.3) is 0 Å². The molecule has 39 heavy (non-hydrogen) atoms. The van der Waals surface area contributed by atoms with Gasteiger partial charge in [-0.05, 0) is 57.0 Å². The standard InChI is InChI=1S/C30H32BrNO7/c1-20-9-11-22(12-10-20)18-36-27(33)26(32-28(34)39-30(2,3)4)17-21-13-15-24(16-14-21)38-29(35)37-19-23-7-5-6-8-25(23)31/h5-16,26H,17-19H2,1-4H3,(H,32,34)/t26-/m0/s1. The van der Waals surface area contributed by atoms with E-state index >= 15 is 0 Å². The van der Waals surface area contributed by atoms with Crippen LogP contribution >= 0.6 is 15.9 Å². The van der Waals surface area contributed by atoms with Gasteiger partial charge in [-0.1, -0.05) is 76.1 Å². The van der Waals surface area contributed by atoms with Crippen LogP contribution in [0.2, 0.25) is 0 Å². The molecule has 0 saturated heterocycles. The largest absolute Gasteiger partial charge is 0.514 e. The first-order chi connectivity index (χ1) is 18.5. The summed E-state index contributed by atoms with van der Waals surface area (Å²) < 4.78 is 22.1. The van der Waals surface area contributed by atoms with Gasteiger partial charge in [-0.2, -0.15) is 0 Å². The first kappa shape index (κ1) is 29.7. The molecular formula is C30H32BrNO7. The van der Waals surface area contributed by atoms with Crippen molar-refractivity contribution in [3.05, 3.63) is 99.5 Å². The molecule has 0 spiro atoms. The van der Waals surface area contributed by atoms with Crippen LogP contribution < -0.4 is 10.1 Å². The van der Waals surface area contributed by atoms with E-state index in [1.54, 1.807) is 45.0 Å². The van der Waals surface area contributed by atoms with Gasteiger partial charge in [0.05, 0.1) is 0 Å². The van der Waals surface area contributed by atoms with Crippen LogP contribution in [-0.2, 0) is 38.6 Å². The summed E-state index contributed by atoms with van der Waals surface area (Å²) >= 11 is 3.40. The van der Waals surface area contributed by atoms with Crippen molar-refractivity contribution in [3.8, 4) is 5.75 Å². The maximum Gasteiger partial charge on any atom is 0.514 e. The molecule has 0 aliphatic heterocycles. The molecule has 8 nitrogen and oxygen atoms in total. The number of hydrogen-bond donors (Lipinski definition) is 1. The Labute approximate surface area is 236 Å². The maximum absolute atomic E-state index is 12.9. The van der Waals surface area contributed by atoms with Gasteiger partial charge in [-0.25, -0.2) is 14.4 Å². The van der Waals surface area contributed by atoms with E-state index in [0.717, 1.165) is 21.2 Å². The smallest absolute Gasteiger partial charge is 0.459 e. The van der Waals surface area contributed by atoms with Crippen molar-refractivity contribution in [1.29, 1.82) is 0 Å². The van der Waals surface area contributed by atoms with Gasteiger partial charge in [0.2, 0.25) is 0 Å².